The molecule has 8 aromatic rings. The maximum absolute atomic E-state index is 10.8. The highest BCUT2D eigenvalue weighted by Crippen LogP contribution is 2.57. The molecule has 0 spiro atoms. The molecule has 0 radical (unpaired) electrons. The molecule has 0 heterocycles. The summed E-state index contributed by atoms with van der Waals surface area (Å²) in [5.41, 5.74) is 9.80. The molecule has 8 aromatic carbocycles. The SMILES string of the molecule is Oc1cccc2c1-c1ccc3c4ccc5c6c(ccc(c7ccc-2c1c73)c64)-c1cc2ccccc2cc1-5. The van der Waals surface area contributed by atoms with Crippen LogP contribution in [0.5, 0.6) is 5.75 Å². The number of phenolic OH excluding ortho intramolecular Hbond substituents is 1. The van der Waals surface area contributed by atoms with Crippen LogP contribution in [0.3, 0.4) is 0 Å². The van der Waals surface area contributed by atoms with Crippen molar-refractivity contribution in [3.8, 4) is 50.3 Å². The first-order valence-electron chi connectivity index (χ1n) is 12.8. The standard InChI is InChI=1S/C36H18O/c37-31-7-3-6-20-21-8-9-24-22-10-12-26-29-16-18-4-1-2-5-19(18)17-30(29)27-13-11-23(33(22)35(26)27)25-14-15-28(32(20)31)36(21)34(24)25/h1-17,37H. The van der Waals surface area contributed by atoms with Gasteiger partial charge < -0.3 is 5.11 Å². The molecule has 0 unspecified atom stereocenters. The van der Waals surface area contributed by atoms with E-state index < -0.39 is 0 Å². The molecule has 1 N–H and O–H groups in total. The lowest BCUT2D eigenvalue weighted by Gasteiger charge is -2.16. The molecular formula is C36H18O. The number of benzene rings is 8. The first kappa shape index (κ1) is 18.4. The second-order valence-electron chi connectivity index (χ2n) is 10.6. The number of rotatable bonds is 0. The third-order valence-electron chi connectivity index (χ3n) is 8.97. The minimum absolute atomic E-state index is 0.356. The van der Waals surface area contributed by atoms with Gasteiger partial charge in [0.15, 0.2) is 0 Å². The summed E-state index contributed by atoms with van der Waals surface area (Å²) in [5, 5.41) is 23.9. The van der Waals surface area contributed by atoms with Gasteiger partial charge in [-0.3, -0.25) is 0 Å². The van der Waals surface area contributed by atoms with Crippen LogP contribution in [0.25, 0.3) is 98.4 Å². The average molecular weight is 467 g/mol. The Morgan fingerprint density at radius 2 is 0.838 bits per heavy atom. The third-order valence-corrected chi connectivity index (χ3v) is 8.97. The van der Waals surface area contributed by atoms with E-state index in [1.807, 2.05) is 6.07 Å². The highest BCUT2D eigenvalue weighted by Gasteiger charge is 2.29. The second-order valence-corrected chi connectivity index (χ2v) is 10.6. The molecule has 1 nitrogen and oxygen atoms in total. The second kappa shape index (κ2) is 5.91. The summed E-state index contributed by atoms with van der Waals surface area (Å²) in [7, 11) is 0. The number of fused-ring (bicyclic) bond motifs is 9. The van der Waals surface area contributed by atoms with Gasteiger partial charge >= 0.3 is 0 Å². The zero-order chi connectivity index (χ0) is 24.0. The number of aromatic hydroxyl groups is 1. The maximum Gasteiger partial charge on any atom is 0.124 e. The first-order valence-corrected chi connectivity index (χ1v) is 12.8. The summed E-state index contributed by atoms with van der Waals surface area (Å²) in [6, 6.07) is 37.7. The van der Waals surface area contributed by atoms with E-state index in [-0.39, 0.29) is 0 Å². The maximum atomic E-state index is 10.8. The van der Waals surface area contributed by atoms with Crippen molar-refractivity contribution < 1.29 is 5.11 Å². The van der Waals surface area contributed by atoms with Crippen LogP contribution in [0, 0.1) is 0 Å². The molecule has 37 heavy (non-hydrogen) atoms. The third kappa shape index (κ3) is 1.96. The highest BCUT2D eigenvalue weighted by molar-refractivity contribution is 6.40. The van der Waals surface area contributed by atoms with E-state index in [1.54, 1.807) is 6.07 Å². The molecule has 10 rings (SSSR count). The van der Waals surface area contributed by atoms with Crippen LogP contribution in [-0.2, 0) is 0 Å². The Labute approximate surface area is 212 Å². The van der Waals surface area contributed by atoms with E-state index in [2.05, 4.69) is 91.0 Å². The van der Waals surface area contributed by atoms with Crippen molar-refractivity contribution in [1.82, 2.24) is 0 Å². The van der Waals surface area contributed by atoms with Crippen LogP contribution >= 0.6 is 0 Å². The molecule has 168 valence electrons. The predicted octanol–water partition coefficient (Wildman–Crippen LogP) is 9.89. The van der Waals surface area contributed by atoms with Crippen molar-refractivity contribution in [3.63, 3.8) is 0 Å². The van der Waals surface area contributed by atoms with Gasteiger partial charge in [-0.1, -0.05) is 84.9 Å². The van der Waals surface area contributed by atoms with Gasteiger partial charge in [0.2, 0.25) is 0 Å². The van der Waals surface area contributed by atoms with E-state index in [4.69, 9.17) is 0 Å². The summed E-state index contributed by atoms with van der Waals surface area (Å²) in [6.45, 7) is 0. The minimum Gasteiger partial charge on any atom is -0.507 e. The number of phenols is 1. The van der Waals surface area contributed by atoms with Gasteiger partial charge in [0, 0.05) is 5.56 Å². The van der Waals surface area contributed by atoms with Gasteiger partial charge in [0.25, 0.3) is 0 Å². The Hall–Kier alpha value is -4.88. The Bertz CT molecular complexity index is 2260. The van der Waals surface area contributed by atoms with Crippen LogP contribution < -0.4 is 0 Å². The van der Waals surface area contributed by atoms with Gasteiger partial charge in [-0.25, -0.2) is 0 Å². The van der Waals surface area contributed by atoms with Crippen LogP contribution in [0.2, 0.25) is 0 Å². The summed E-state index contributed by atoms with van der Waals surface area (Å²) in [5.74, 6) is 0.356. The monoisotopic (exact) mass is 466 g/mol. The Balaban J connectivity index is 1.40. The molecule has 0 bridgehead atoms. The Morgan fingerprint density at radius 3 is 1.41 bits per heavy atom. The van der Waals surface area contributed by atoms with Crippen molar-refractivity contribution in [2.75, 3.05) is 0 Å². The van der Waals surface area contributed by atoms with E-state index in [0.717, 1.165) is 16.7 Å². The summed E-state index contributed by atoms with van der Waals surface area (Å²) in [6.07, 6.45) is 0. The molecule has 2 aliphatic carbocycles. The fraction of sp³-hybridized carbons (Fsp3) is 0. The van der Waals surface area contributed by atoms with Crippen molar-refractivity contribution in [1.29, 1.82) is 0 Å². The molecular weight excluding hydrogens is 448 g/mol. The highest BCUT2D eigenvalue weighted by atomic mass is 16.3. The van der Waals surface area contributed by atoms with Crippen LogP contribution in [0.4, 0.5) is 0 Å². The summed E-state index contributed by atoms with van der Waals surface area (Å²) in [4.78, 5) is 0. The molecule has 1 heteroatoms. The topological polar surface area (TPSA) is 20.2 Å². The van der Waals surface area contributed by atoms with Crippen LogP contribution in [-0.4, -0.2) is 5.11 Å². The van der Waals surface area contributed by atoms with Gasteiger partial charge in [0.05, 0.1) is 0 Å². The fourth-order valence-electron chi connectivity index (χ4n) is 7.50. The lowest BCUT2D eigenvalue weighted by Crippen LogP contribution is -1.88. The van der Waals surface area contributed by atoms with Crippen molar-refractivity contribution in [2.45, 2.75) is 0 Å². The van der Waals surface area contributed by atoms with Crippen molar-refractivity contribution >= 4 is 53.9 Å². The number of hydrogen-bond acceptors (Lipinski definition) is 1. The van der Waals surface area contributed by atoms with Gasteiger partial charge in [-0.2, -0.15) is 0 Å². The lowest BCUT2D eigenvalue weighted by atomic mass is 9.86. The molecule has 0 aliphatic heterocycles. The largest absolute Gasteiger partial charge is 0.507 e. The molecule has 0 saturated heterocycles. The van der Waals surface area contributed by atoms with Gasteiger partial charge in [-0.05, 0) is 111 Å². The predicted molar refractivity (Wildman–Crippen MR) is 156 cm³/mol. The van der Waals surface area contributed by atoms with Gasteiger partial charge in [0.1, 0.15) is 5.75 Å². The Morgan fingerprint density at radius 1 is 0.351 bits per heavy atom. The number of hydrogen-bond donors (Lipinski definition) is 1. The molecule has 0 amide bonds. The molecule has 0 fully saturated rings. The quantitative estimate of drug-likeness (QED) is 0.174. The summed E-state index contributed by atoms with van der Waals surface area (Å²) < 4.78 is 0. The smallest absolute Gasteiger partial charge is 0.124 e. The summed E-state index contributed by atoms with van der Waals surface area (Å²) >= 11 is 0. The lowest BCUT2D eigenvalue weighted by molar-refractivity contribution is 0.478. The molecule has 2 aliphatic rings. The normalized spacial score (nSPS) is 13.0. The molecule has 0 atom stereocenters. The van der Waals surface area contributed by atoms with E-state index in [0.29, 0.717) is 5.75 Å². The zero-order valence-electron chi connectivity index (χ0n) is 19.8. The van der Waals surface area contributed by atoms with E-state index >= 15 is 0 Å². The van der Waals surface area contributed by atoms with E-state index in [1.165, 1.54) is 81.7 Å². The van der Waals surface area contributed by atoms with E-state index in [9.17, 15) is 5.11 Å². The zero-order valence-corrected chi connectivity index (χ0v) is 19.8. The molecule has 0 saturated carbocycles. The molecule has 0 aromatic heterocycles. The van der Waals surface area contributed by atoms with Crippen molar-refractivity contribution in [2.24, 2.45) is 0 Å². The average Bonchev–Trinajstić information content (AvgIpc) is 3.44. The fourth-order valence-corrected chi connectivity index (χ4v) is 7.50. The van der Waals surface area contributed by atoms with Crippen molar-refractivity contribution in [3.05, 3.63) is 103 Å². The van der Waals surface area contributed by atoms with Crippen LogP contribution in [0.1, 0.15) is 0 Å². The van der Waals surface area contributed by atoms with Crippen LogP contribution in [0.15, 0.2) is 103 Å². The Kier molecular flexibility index (Phi) is 2.94. The van der Waals surface area contributed by atoms with Gasteiger partial charge in [-0.15, -0.1) is 0 Å². The minimum atomic E-state index is 0.356. The first-order chi connectivity index (χ1) is 18.3.